The number of hydrogen-bond acceptors (Lipinski definition) is 5. The molecule has 2 aromatic rings. The summed E-state index contributed by atoms with van der Waals surface area (Å²) in [6.07, 6.45) is 0.825. The summed E-state index contributed by atoms with van der Waals surface area (Å²) >= 11 is 0. The molecule has 31 heavy (non-hydrogen) atoms. The monoisotopic (exact) mass is 451 g/mol. The van der Waals surface area contributed by atoms with E-state index in [2.05, 4.69) is 14.3 Å². The van der Waals surface area contributed by atoms with Crippen molar-refractivity contribution < 1.29 is 26.3 Å². The lowest BCUT2D eigenvalue weighted by atomic mass is 9.63. The Balaban J connectivity index is 1.41. The molecular weight excluding hydrogens is 431 g/mol. The molecule has 4 heterocycles. The Morgan fingerprint density at radius 3 is 2.39 bits per heavy atom. The van der Waals surface area contributed by atoms with E-state index in [1.807, 2.05) is 6.07 Å². The van der Waals surface area contributed by atoms with Crippen LogP contribution in [0.15, 0.2) is 47.0 Å². The Morgan fingerprint density at radius 2 is 1.77 bits per heavy atom. The molecule has 1 aromatic heterocycles. The van der Waals surface area contributed by atoms with Gasteiger partial charge in [-0.3, -0.25) is 0 Å². The average molecular weight is 451 g/mol. The fraction of sp³-hybridized carbons (Fsp3) is 0.429. The standard InChI is InChI=1S/C21H20F3N3O3S/c22-21(23,24)14-1-4-17(5-2-14)30-18-6-3-15(13-25-18)20-9-7-16(8-10-20)27-11-12-31(28,29)26-19(20)27/h1-6,13,16H,7-12H2. The molecule has 0 spiro atoms. The lowest BCUT2D eigenvalue weighted by molar-refractivity contribution is -0.137. The lowest BCUT2D eigenvalue weighted by Gasteiger charge is -2.55. The van der Waals surface area contributed by atoms with Crippen molar-refractivity contribution >= 4 is 15.9 Å². The summed E-state index contributed by atoms with van der Waals surface area (Å²) in [5, 5.41) is 0. The van der Waals surface area contributed by atoms with Gasteiger partial charge >= 0.3 is 6.18 Å². The van der Waals surface area contributed by atoms with Gasteiger partial charge in [-0.15, -0.1) is 4.40 Å². The summed E-state index contributed by atoms with van der Waals surface area (Å²) in [6.45, 7) is 0.468. The summed E-state index contributed by atoms with van der Waals surface area (Å²) < 4.78 is 72.2. The molecule has 0 amide bonds. The summed E-state index contributed by atoms with van der Waals surface area (Å²) in [5.41, 5.74) is -0.350. The van der Waals surface area contributed by atoms with Crippen molar-refractivity contribution in [3.05, 3.63) is 53.7 Å². The molecule has 0 radical (unpaired) electrons. The summed E-state index contributed by atoms with van der Waals surface area (Å²) in [4.78, 5) is 6.48. The van der Waals surface area contributed by atoms with Crippen LogP contribution in [0.2, 0.25) is 0 Å². The molecule has 3 fully saturated rings. The molecule has 164 valence electrons. The van der Waals surface area contributed by atoms with Gasteiger partial charge in [0.05, 0.1) is 16.7 Å². The van der Waals surface area contributed by atoms with Gasteiger partial charge in [-0.05, 0) is 55.5 Å². The first-order valence-corrected chi connectivity index (χ1v) is 11.7. The number of fused-ring (bicyclic) bond motifs is 2. The highest BCUT2D eigenvalue weighted by molar-refractivity contribution is 7.90. The molecule has 1 aliphatic carbocycles. The number of halogens is 3. The molecule has 6 nitrogen and oxygen atoms in total. The first kappa shape index (κ1) is 20.3. The van der Waals surface area contributed by atoms with Crippen LogP contribution in [0.1, 0.15) is 36.8 Å². The predicted octanol–water partition coefficient (Wildman–Crippen LogP) is 4.13. The second-order valence-electron chi connectivity index (χ2n) is 8.22. The molecule has 0 atom stereocenters. The van der Waals surface area contributed by atoms with E-state index < -0.39 is 27.2 Å². The number of aromatic nitrogens is 1. The third-order valence-corrected chi connectivity index (χ3v) is 7.61. The zero-order valence-corrected chi connectivity index (χ0v) is 17.3. The van der Waals surface area contributed by atoms with Crippen LogP contribution < -0.4 is 4.74 Å². The third-order valence-electron chi connectivity index (χ3n) is 6.46. The molecule has 3 aliphatic heterocycles. The quantitative estimate of drug-likeness (QED) is 0.702. The maximum absolute atomic E-state index is 12.7. The molecule has 0 unspecified atom stereocenters. The van der Waals surface area contributed by atoms with Gasteiger partial charge in [0.2, 0.25) is 5.88 Å². The molecule has 1 saturated carbocycles. The summed E-state index contributed by atoms with van der Waals surface area (Å²) in [7, 11) is -3.46. The number of nitrogens with zero attached hydrogens (tertiary/aromatic N) is 3. The number of hydrogen-bond donors (Lipinski definition) is 0. The Hall–Kier alpha value is -2.62. The minimum Gasteiger partial charge on any atom is -0.439 e. The Bertz CT molecular complexity index is 1120. The number of amidine groups is 1. The highest BCUT2D eigenvalue weighted by Crippen LogP contribution is 2.49. The number of rotatable bonds is 3. The van der Waals surface area contributed by atoms with Gasteiger partial charge in [0.1, 0.15) is 11.6 Å². The molecule has 0 N–H and O–H groups in total. The van der Waals surface area contributed by atoms with Crippen LogP contribution in [0.5, 0.6) is 11.6 Å². The number of sulfonamides is 1. The van der Waals surface area contributed by atoms with Gasteiger partial charge in [0, 0.05) is 24.8 Å². The number of ether oxygens (including phenoxy) is 1. The zero-order valence-electron chi connectivity index (χ0n) is 16.5. The minimum absolute atomic E-state index is 0.0429. The van der Waals surface area contributed by atoms with Gasteiger partial charge < -0.3 is 9.64 Å². The van der Waals surface area contributed by atoms with Crippen LogP contribution in [0, 0.1) is 0 Å². The van der Waals surface area contributed by atoms with Crippen molar-refractivity contribution in [1.29, 1.82) is 0 Å². The fourth-order valence-corrected chi connectivity index (χ4v) is 5.93. The Morgan fingerprint density at radius 1 is 1.06 bits per heavy atom. The molecular formula is C21H20F3N3O3S. The zero-order chi connectivity index (χ0) is 21.9. The van der Waals surface area contributed by atoms with Gasteiger partial charge in [-0.25, -0.2) is 13.4 Å². The van der Waals surface area contributed by atoms with E-state index in [1.54, 1.807) is 12.3 Å². The molecule has 6 rings (SSSR count). The Labute approximate surface area is 177 Å². The summed E-state index contributed by atoms with van der Waals surface area (Å²) in [5.74, 6) is 1.17. The van der Waals surface area contributed by atoms with E-state index in [1.165, 1.54) is 12.1 Å². The fourth-order valence-electron chi connectivity index (χ4n) is 4.87. The van der Waals surface area contributed by atoms with Crippen molar-refractivity contribution in [3.8, 4) is 11.6 Å². The van der Waals surface area contributed by atoms with Crippen molar-refractivity contribution in [3.63, 3.8) is 0 Å². The molecule has 2 bridgehead atoms. The third kappa shape index (κ3) is 3.56. The first-order valence-electron chi connectivity index (χ1n) is 10.1. The van der Waals surface area contributed by atoms with Crippen LogP contribution in [-0.4, -0.2) is 42.5 Å². The highest BCUT2D eigenvalue weighted by Gasteiger charge is 2.52. The maximum Gasteiger partial charge on any atom is 0.416 e. The minimum atomic E-state index is -4.40. The van der Waals surface area contributed by atoms with E-state index >= 15 is 0 Å². The smallest absolute Gasteiger partial charge is 0.416 e. The topological polar surface area (TPSA) is 71.9 Å². The second kappa shape index (κ2) is 6.94. The van der Waals surface area contributed by atoms with Gasteiger partial charge in [-0.2, -0.15) is 13.2 Å². The lowest BCUT2D eigenvalue weighted by Crippen LogP contribution is -2.62. The van der Waals surface area contributed by atoms with E-state index in [-0.39, 0.29) is 17.4 Å². The van der Waals surface area contributed by atoms with Crippen LogP contribution in [0.25, 0.3) is 0 Å². The van der Waals surface area contributed by atoms with Gasteiger partial charge in [0.25, 0.3) is 10.0 Å². The molecule has 1 aromatic carbocycles. The van der Waals surface area contributed by atoms with Crippen molar-refractivity contribution in [2.45, 2.75) is 43.3 Å². The van der Waals surface area contributed by atoms with Crippen LogP contribution in [-0.2, 0) is 21.6 Å². The second-order valence-corrected chi connectivity index (χ2v) is 9.97. The number of pyridine rings is 1. The van der Waals surface area contributed by atoms with E-state index in [9.17, 15) is 21.6 Å². The first-order chi connectivity index (χ1) is 14.7. The van der Waals surface area contributed by atoms with Gasteiger partial charge in [0.15, 0.2) is 0 Å². The van der Waals surface area contributed by atoms with Gasteiger partial charge in [-0.1, -0.05) is 6.07 Å². The highest BCUT2D eigenvalue weighted by atomic mass is 32.2. The van der Waals surface area contributed by atoms with Crippen LogP contribution >= 0.6 is 0 Å². The van der Waals surface area contributed by atoms with E-state index in [0.29, 0.717) is 18.4 Å². The van der Waals surface area contributed by atoms with Crippen LogP contribution in [0.4, 0.5) is 13.2 Å². The largest absolute Gasteiger partial charge is 0.439 e. The normalized spacial score (nSPS) is 26.9. The van der Waals surface area contributed by atoms with Crippen molar-refractivity contribution in [1.82, 2.24) is 9.88 Å². The molecule has 10 heteroatoms. The number of benzene rings is 1. The van der Waals surface area contributed by atoms with Crippen molar-refractivity contribution in [2.24, 2.45) is 4.40 Å². The van der Waals surface area contributed by atoms with Crippen LogP contribution in [0.3, 0.4) is 0 Å². The van der Waals surface area contributed by atoms with E-state index in [0.717, 1.165) is 43.4 Å². The Kier molecular flexibility index (Phi) is 4.55. The predicted molar refractivity (Wildman–Crippen MR) is 108 cm³/mol. The van der Waals surface area contributed by atoms with E-state index in [4.69, 9.17) is 4.74 Å². The van der Waals surface area contributed by atoms with Crippen molar-refractivity contribution in [2.75, 3.05) is 12.3 Å². The maximum atomic E-state index is 12.7. The molecule has 4 aliphatic rings. The number of piperidine rings is 2. The molecule has 2 saturated heterocycles. The SMILES string of the molecule is O=S1(=O)CCN2C(=N1)C1(c3ccc(Oc4ccc(C(F)(F)F)cc4)nc3)CCC2CC1. The number of alkyl halides is 3. The summed E-state index contributed by atoms with van der Waals surface area (Å²) in [6, 6.07) is 8.26. The average Bonchev–Trinajstić information content (AvgIpc) is 2.74.